The highest BCUT2D eigenvalue weighted by molar-refractivity contribution is 7.89. The molecule has 0 saturated heterocycles. The lowest BCUT2D eigenvalue weighted by molar-refractivity contribution is -0.120. The van der Waals surface area contributed by atoms with E-state index in [0.717, 1.165) is 0 Å². The average molecular weight is 419 g/mol. The van der Waals surface area contributed by atoms with Gasteiger partial charge in [0.1, 0.15) is 12.7 Å². The highest BCUT2D eigenvalue weighted by Gasteiger charge is 2.21. The second kappa shape index (κ2) is 8.93. The van der Waals surface area contributed by atoms with E-state index >= 15 is 0 Å². The van der Waals surface area contributed by atoms with Gasteiger partial charge in [0.25, 0.3) is 5.91 Å². The van der Waals surface area contributed by atoms with Gasteiger partial charge in [0.2, 0.25) is 15.9 Å². The van der Waals surface area contributed by atoms with E-state index in [2.05, 4.69) is 15.4 Å². The molecule has 29 heavy (non-hydrogen) atoms. The van der Waals surface area contributed by atoms with E-state index in [1.165, 1.54) is 31.3 Å². The molecule has 0 unspecified atom stereocenters. The van der Waals surface area contributed by atoms with Gasteiger partial charge in [0.15, 0.2) is 11.5 Å². The molecule has 3 rings (SSSR count). The molecular weight excluding hydrogens is 398 g/mol. The molecule has 1 atom stereocenters. The molecule has 0 bridgehead atoms. The molecule has 2 amide bonds. The van der Waals surface area contributed by atoms with Crippen LogP contribution in [0.2, 0.25) is 0 Å². The van der Waals surface area contributed by atoms with Crippen molar-refractivity contribution in [3.8, 4) is 11.5 Å². The summed E-state index contributed by atoms with van der Waals surface area (Å²) in [6.45, 7) is 0.324. The van der Waals surface area contributed by atoms with Gasteiger partial charge < -0.3 is 20.1 Å². The monoisotopic (exact) mass is 419 g/mol. The molecule has 1 aliphatic rings. The fourth-order valence-electron chi connectivity index (χ4n) is 2.62. The van der Waals surface area contributed by atoms with Crippen LogP contribution < -0.4 is 24.8 Å². The molecule has 0 fully saturated rings. The van der Waals surface area contributed by atoms with Gasteiger partial charge in [0.05, 0.1) is 18.0 Å². The number of carbonyl (C=O) groups excluding carboxylic acids is 2. The Hall–Kier alpha value is -3.11. The first kappa shape index (κ1) is 20.6. The molecule has 9 nitrogen and oxygen atoms in total. The van der Waals surface area contributed by atoms with E-state index in [1.54, 1.807) is 12.1 Å². The fourth-order valence-corrected chi connectivity index (χ4v) is 3.35. The molecule has 2 aromatic rings. The van der Waals surface area contributed by atoms with E-state index in [9.17, 15) is 18.0 Å². The number of carbonyl (C=O) groups is 2. The minimum atomic E-state index is -3.57. The number of nitrogens with one attached hydrogen (secondary N) is 3. The Labute approximate surface area is 168 Å². The Kier molecular flexibility index (Phi) is 6.35. The van der Waals surface area contributed by atoms with E-state index < -0.39 is 15.9 Å². The normalized spacial score (nSPS) is 15.4. The molecule has 0 radical (unpaired) electrons. The number of fused-ring (bicyclic) bond motifs is 1. The second-order valence-electron chi connectivity index (χ2n) is 6.22. The van der Waals surface area contributed by atoms with Gasteiger partial charge in [-0.1, -0.05) is 12.1 Å². The van der Waals surface area contributed by atoms with Crippen molar-refractivity contribution in [1.82, 2.24) is 15.4 Å². The number of ether oxygens (including phenoxy) is 2. The molecule has 2 aromatic carbocycles. The average Bonchev–Trinajstić information content (AvgIpc) is 2.76. The summed E-state index contributed by atoms with van der Waals surface area (Å²) in [6, 6.07) is 12.7. The van der Waals surface area contributed by atoms with Gasteiger partial charge in [-0.15, -0.1) is 0 Å². The van der Waals surface area contributed by atoms with Crippen LogP contribution in [0.5, 0.6) is 11.5 Å². The summed E-state index contributed by atoms with van der Waals surface area (Å²) >= 11 is 0. The number of para-hydroxylation sites is 2. The molecule has 1 heterocycles. The first-order valence-electron chi connectivity index (χ1n) is 8.86. The lowest BCUT2D eigenvalue weighted by atomic mass is 10.2. The van der Waals surface area contributed by atoms with E-state index in [1.807, 2.05) is 12.1 Å². The minimum absolute atomic E-state index is 0.0468. The van der Waals surface area contributed by atoms with E-state index in [-0.39, 0.29) is 35.6 Å². The van der Waals surface area contributed by atoms with Crippen LogP contribution in [0.4, 0.5) is 0 Å². The molecule has 154 valence electrons. The maximum absolute atomic E-state index is 12.1. The molecule has 10 heteroatoms. The summed E-state index contributed by atoms with van der Waals surface area (Å²) in [5.74, 6) is 0.417. The zero-order chi connectivity index (χ0) is 20.9. The van der Waals surface area contributed by atoms with Gasteiger partial charge in [-0.3, -0.25) is 9.59 Å². The van der Waals surface area contributed by atoms with Gasteiger partial charge in [-0.2, -0.15) is 0 Å². The maximum atomic E-state index is 12.1. The molecule has 0 spiro atoms. The third-order valence-corrected chi connectivity index (χ3v) is 5.63. The number of hydrogen-bond donors (Lipinski definition) is 3. The van der Waals surface area contributed by atoms with Crippen LogP contribution in [0.25, 0.3) is 0 Å². The van der Waals surface area contributed by atoms with Gasteiger partial charge >= 0.3 is 0 Å². The lowest BCUT2D eigenvalue weighted by Crippen LogP contribution is -2.44. The van der Waals surface area contributed by atoms with Crippen molar-refractivity contribution in [3.05, 3.63) is 54.1 Å². The van der Waals surface area contributed by atoms with Crippen molar-refractivity contribution in [2.45, 2.75) is 11.0 Å². The molecule has 3 N–H and O–H groups in total. The third kappa shape index (κ3) is 5.24. The molecular formula is C19H21N3O6S. The van der Waals surface area contributed by atoms with E-state index in [4.69, 9.17) is 9.47 Å². The summed E-state index contributed by atoms with van der Waals surface area (Å²) in [4.78, 5) is 24.2. The van der Waals surface area contributed by atoms with Gasteiger partial charge in [0, 0.05) is 5.56 Å². The number of hydrogen-bond acceptors (Lipinski definition) is 6. The number of amides is 2. The van der Waals surface area contributed by atoms with E-state index in [0.29, 0.717) is 18.1 Å². The van der Waals surface area contributed by atoms with Crippen LogP contribution in [0, 0.1) is 0 Å². The van der Waals surface area contributed by atoms with Crippen molar-refractivity contribution in [2.24, 2.45) is 0 Å². The van der Waals surface area contributed by atoms with Crippen molar-refractivity contribution < 1.29 is 27.5 Å². The SMILES string of the molecule is CNS(=O)(=O)c1ccc(C(=O)NCC(=O)NC[C@@H]2COc3ccccc3O2)cc1. The van der Waals surface area contributed by atoms with Gasteiger partial charge in [-0.05, 0) is 43.4 Å². The molecule has 1 aliphatic heterocycles. The second-order valence-corrected chi connectivity index (χ2v) is 8.10. The Bertz CT molecular complexity index is 991. The zero-order valence-corrected chi connectivity index (χ0v) is 16.5. The largest absolute Gasteiger partial charge is 0.486 e. The van der Waals surface area contributed by atoms with Crippen LogP contribution >= 0.6 is 0 Å². The van der Waals surface area contributed by atoms with Crippen LogP contribution in [-0.2, 0) is 14.8 Å². The first-order valence-corrected chi connectivity index (χ1v) is 10.3. The van der Waals surface area contributed by atoms with Crippen LogP contribution in [0.3, 0.4) is 0 Å². The summed E-state index contributed by atoms with van der Waals surface area (Å²) in [5.41, 5.74) is 0.244. The number of benzene rings is 2. The fraction of sp³-hybridized carbons (Fsp3) is 0.263. The first-order chi connectivity index (χ1) is 13.9. The highest BCUT2D eigenvalue weighted by atomic mass is 32.2. The Balaban J connectivity index is 1.44. The summed E-state index contributed by atoms with van der Waals surface area (Å²) in [6.07, 6.45) is -0.328. The predicted molar refractivity (Wildman–Crippen MR) is 104 cm³/mol. The lowest BCUT2D eigenvalue weighted by Gasteiger charge is -2.26. The highest BCUT2D eigenvalue weighted by Crippen LogP contribution is 2.30. The standard InChI is InChI=1S/C19H21N3O6S/c1-20-29(25,26)15-8-6-13(7-9-15)19(24)22-11-18(23)21-10-14-12-27-16-4-2-3-5-17(16)28-14/h2-9,14,20H,10-12H2,1H3,(H,21,23)(H,22,24)/t14-/m1/s1. The molecule has 0 saturated carbocycles. The predicted octanol–water partition coefficient (Wildman–Crippen LogP) is 0.281. The maximum Gasteiger partial charge on any atom is 0.251 e. The van der Waals surface area contributed by atoms with Crippen molar-refractivity contribution in [3.63, 3.8) is 0 Å². The Morgan fingerprint density at radius 3 is 2.41 bits per heavy atom. The van der Waals surface area contributed by atoms with Gasteiger partial charge in [-0.25, -0.2) is 13.1 Å². The van der Waals surface area contributed by atoms with Crippen LogP contribution in [0.1, 0.15) is 10.4 Å². The summed E-state index contributed by atoms with van der Waals surface area (Å²) in [7, 11) is -2.27. The summed E-state index contributed by atoms with van der Waals surface area (Å²) < 4.78 is 36.9. The third-order valence-electron chi connectivity index (χ3n) is 4.20. The topological polar surface area (TPSA) is 123 Å². The van der Waals surface area contributed by atoms with Crippen molar-refractivity contribution >= 4 is 21.8 Å². The quantitative estimate of drug-likeness (QED) is 0.593. The Morgan fingerprint density at radius 2 is 1.72 bits per heavy atom. The molecule has 0 aliphatic carbocycles. The van der Waals surface area contributed by atoms with Crippen molar-refractivity contribution in [2.75, 3.05) is 26.7 Å². The van der Waals surface area contributed by atoms with Crippen LogP contribution in [0.15, 0.2) is 53.4 Å². The summed E-state index contributed by atoms with van der Waals surface area (Å²) in [5, 5.41) is 5.17. The number of rotatable bonds is 7. The van der Waals surface area contributed by atoms with Crippen molar-refractivity contribution in [1.29, 1.82) is 0 Å². The smallest absolute Gasteiger partial charge is 0.251 e. The number of sulfonamides is 1. The molecule has 0 aromatic heterocycles. The minimum Gasteiger partial charge on any atom is -0.486 e. The Morgan fingerprint density at radius 1 is 1.03 bits per heavy atom. The zero-order valence-electron chi connectivity index (χ0n) is 15.7. The van der Waals surface area contributed by atoms with Crippen LogP contribution in [-0.4, -0.2) is 53.1 Å².